The summed E-state index contributed by atoms with van der Waals surface area (Å²) in [6.45, 7) is 4.68. The van der Waals surface area contributed by atoms with Crippen molar-refractivity contribution in [3.8, 4) is 0 Å². The van der Waals surface area contributed by atoms with Gasteiger partial charge in [0, 0.05) is 13.7 Å². The first-order valence-corrected chi connectivity index (χ1v) is 4.49. The van der Waals surface area contributed by atoms with Gasteiger partial charge in [-0.3, -0.25) is 0 Å². The Kier molecular flexibility index (Phi) is 3.46. The smallest absolute Gasteiger partial charge is 0.0945 e. The minimum atomic E-state index is 0.0277. The molecule has 0 saturated heterocycles. The van der Waals surface area contributed by atoms with Crippen molar-refractivity contribution in [1.82, 2.24) is 0 Å². The normalized spacial score (nSPS) is 12.9. The van der Waals surface area contributed by atoms with Crippen molar-refractivity contribution in [3.63, 3.8) is 0 Å². The van der Waals surface area contributed by atoms with E-state index in [-0.39, 0.29) is 6.10 Å². The van der Waals surface area contributed by atoms with E-state index in [4.69, 9.17) is 10.5 Å². The number of hydrogen-bond donors (Lipinski definition) is 1. The molecule has 1 unspecified atom stereocenters. The van der Waals surface area contributed by atoms with E-state index in [0.29, 0.717) is 6.54 Å². The molecule has 0 radical (unpaired) electrons. The molecule has 2 nitrogen and oxygen atoms in total. The van der Waals surface area contributed by atoms with Gasteiger partial charge in [-0.05, 0) is 25.0 Å². The number of methoxy groups -OCH3 is 1. The molecule has 0 aliphatic rings. The van der Waals surface area contributed by atoms with E-state index in [0.717, 1.165) is 0 Å². The highest BCUT2D eigenvalue weighted by molar-refractivity contribution is 5.32. The highest BCUT2D eigenvalue weighted by atomic mass is 16.5. The average Bonchev–Trinajstić information content (AvgIpc) is 2.13. The van der Waals surface area contributed by atoms with Crippen LogP contribution in [0.15, 0.2) is 18.2 Å². The lowest BCUT2D eigenvalue weighted by Gasteiger charge is -2.16. The van der Waals surface area contributed by atoms with E-state index in [9.17, 15) is 0 Å². The third-order valence-electron chi connectivity index (χ3n) is 2.28. The number of ether oxygens (including phenoxy) is 1. The van der Waals surface area contributed by atoms with Crippen LogP contribution in [0.5, 0.6) is 0 Å². The second-order valence-corrected chi connectivity index (χ2v) is 3.32. The lowest BCUT2D eigenvalue weighted by molar-refractivity contribution is 0.110. The standard InChI is InChI=1S/C11H17NO/c1-8-4-5-9(2)10(6-8)11(7-12)13-3/h4-6,11H,7,12H2,1-3H3. The Morgan fingerprint density at radius 3 is 2.62 bits per heavy atom. The van der Waals surface area contributed by atoms with Crippen LogP contribution in [0.3, 0.4) is 0 Å². The minimum Gasteiger partial charge on any atom is -0.375 e. The van der Waals surface area contributed by atoms with Crippen LogP contribution in [0.2, 0.25) is 0 Å². The van der Waals surface area contributed by atoms with Gasteiger partial charge in [0.15, 0.2) is 0 Å². The van der Waals surface area contributed by atoms with Gasteiger partial charge in [0.1, 0.15) is 0 Å². The second-order valence-electron chi connectivity index (χ2n) is 3.32. The van der Waals surface area contributed by atoms with Gasteiger partial charge in [0.25, 0.3) is 0 Å². The first-order chi connectivity index (χ1) is 6.19. The van der Waals surface area contributed by atoms with Crippen LogP contribution >= 0.6 is 0 Å². The summed E-state index contributed by atoms with van der Waals surface area (Å²) in [5.41, 5.74) is 9.29. The Bertz CT molecular complexity index is 279. The zero-order valence-corrected chi connectivity index (χ0v) is 8.50. The summed E-state index contributed by atoms with van der Waals surface area (Å²) < 4.78 is 5.30. The number of hydrogen-bond acceptors (Lipinski definition) is 2. The maximum absolute atomic E-state index is 5.61. The average molecular weight is 179 g/mol. The van der Waals surface area contributed by atoms with Crippen molar-refractivity contribution in [2.75, 3.05) is 13.7 Å². The third-order valence-corrected chi connectivity index (χ3v) is 2.28. The van der Waals surface area contributed by atoms with Gasteiger partial charge in [-0.15, -0.1) is 0 Å². The summed E-state index contributed by atoms with van der Waals surface area (Å²) in [4.78, 5) is 0. The molecule has 1 atom stereocenters. The van der Waals surface area contributed by atoms with Crippen molar-refractivity contribution in [2.24, 2.45) is 5.73 Å². The Hall–Kier alpha value is -0.860. The van der Waals surface area contributed by atoms with Crippen molar-refractivity contribution in [1.29, 1.82) is 0 Å². The van der Waals surface area contributed by atoms with Gasteiger partial charge in [0.2, 0.25) is 0 Å². The molecule has 1 rings (SSSR count). The Morgan fingerprint density at radius 2 is 2.08 bits per heavy atom. The third kappa shape index (κ3) is 2.29. The number of benzene rings is 1. The van der Waals surface area contributed by atoms with Gasteiger partial charge >= 0.3 is 0 Å². The molecule has 2 N–H and O–H groups in total. The van der Waals surface area contributed by atoms with Crippen LogP contribution in [0.25, 0.3) is 0 Å². The Labute approximate surface area is 79.7 Å². The zero-order valence-electron chi connectivity index (χ0n) is 8.50. The molecule has 13 heavy (non-hydrogen) atoms. The minimum absolute atomic E-state index is 0.0277. The zero-order chi connectivity index (χ0) is 9.84. The largest absolute Gasteiger partial charge is 0.375 e. The molecular formula is C11H17NO. The van der Waals surface area contributed by atoms with Crippen molar-refractivity contribution >= 4 is 0 Å². The van der Waals surface area contributed by atoms with Crippen molar-refractivity contribution in [2.45, 2.75) is 20.0 Å². The summed E-state index contributed by atoms with van der Waals surface area (Å²) in [6.07, 6.45) is 0.0277. The summed E-state index contributed by atoms with van der Waals surface area (Å²) in [6, 6.07) is 6.34. The topological polar surface area (TPSA) is 35.2 Å². The number of nitrogens with two attached hydrogens (primary N) is 1. The molecule has 0 aliphatic carbocycles. The summed E-state index contributed by atoms with van der Waals surface area (Å²) >= 11 is 0. The predicted molar refractivity (Wildman–Crippen MR) is 54.7 cm³/mol. The van der Waals surface area contributed by atoms with E-state index in [2.05, 4.69) is 32.0 Å². The monoisotopic (exact) mass is 179 g/mol. The van der Waals surface area contributed by atoms with Crippen LogP contribution in [-0.4, -0.2) is 13.7 Å². The number of rotatable bonds is 3. The van der Waals surface area contributed by atoms with Crippen molar-refractivity contribution < 1.29 is 4.74 Å². The Morgan fingerprint density at radius 1 is 1.38 bits per heavy atom. The molecule has 2 heteroatoms. The quantitative estimate of drug-likeness (QED) is 0.769. The molecule has 0 spiro atoms. The van der Waals surface area contributed by atoms with Crippen LogP contribution in [0.4, 0.5) is 0 Å². The highest BCUT2D eigenvalue weighted by Crippen LogP contribution is 2.20. The van der Waals surface area contributed by atoms with E-state index in [1.165, 1.54) is 16.7 Å². The number of aryl methyl sites for hydroxylation is 2. The fraction of sp³-hybridized carbons (Fsp3) is 0.455. The molecule has 72 valence electrons. The van der Waals surface area contributed by atoms with Gasteiger partial charge in [0.05, 0.1) is 6.10 Å². The van der Waals surface area contributed by atoms with Crippen LogP contribution in [0.1, 0.15) is 22.8 Å². The molecule has 0 bridgehead atoms. The fourth-order valence-corrected chi connectivity index (χ4v) is 1.46. The highest BCUT2D eigenvalue weighted by Gasteiger charge is 2.10. The molecule has 0 saturated carbocycles. The summed E-state index contributed by atoms with van der Waals surface area (Å²) in [7, 11) is 1.69. The van der Waals surface area contributed by atoms with E-state index in [1.54, 1.807) is 7.11 Å². The summed E-state index contributed by atoms with van der Waals surface area (Å²) in [5.74, 6) is 0. The maximum Gasteiger partial charge on any atom is 0.0945 e. The van der Waals surface area contributed by atoms with Gasteiger partial charge in [-0.1, -0.05) is 23.8 Å². The van der Waals surface area contributed by atoms with Gasteiger partial charge in [-0.25, -0.2) is 0 Å². The molecule has 0 aliphatic heterocycles. The van der Waals surface area contributed by atoms with E-state index < -0.39 is 0 Å². The van der Waals surface area contributed by atoms with Crippen LogP contribution < -0.4 is 5.73 Å². The predicted octanol–water partition coefficient (Wildman–Crippen LogP) is 1.95. The summed E-state index contributed by atoms with van der Waals surface area (Å²) in [5, 5.41) is 0. The molecule has 1 aromatic carbocycles. The Balaban J connectivity index is 3.03. The van der Waals surface area contributed by atoms with Crippen LogP contribution in [0, 0.1) is 13.8 Å². The molecule has 0 aromatic heterocycles. The van der Waals surface area contributed by atoms with E-state index >= 15 is 0 Å². The maximum atomic E-state index is 5.61. The van der Waals surface area contributed by atoms with Crippen molar-refractivity contribution in [3.05, 3.63) is 34.9 Å². The lowest BCUT2D eigenvalue weighted by Crippen LogP contribution is -2.15. The second kappa shape index (κ2) is 4.40. The molecule has 0 heterocycles. The first-order valence-electron chi connectivity index (χ1n) is 4.49. The molecule has 0 fully saturated rings. The van der Waals surface area contributed by atoms with Crippen LogP contribution in [-0.2, 0) is 4.74 Å². The lowest BCUT2D eigenvalue weighted by atomic mass is 10.0. The molecular weight excluding hydrogens is 162 g/mol. The first kappa shape index (κ1) is 10.2. The van der Waals surface area contributed by atoms with E-state index in [1.807, 2.05) is 0 Å². The molecule has 1 aromatic rings. The fourth-order valence-electron chi connectivity index (χ4n) is 1.46. The van der Waals surface area contributed by atoms with Gasteiger partial charge < -0.3 is 10.5 Å². The SMILES string of the molecule is COC(CN)c1cc(C)ccc1C. The molecule has 0 amide bonds. The van der Waals surface area contributed by atoms with Gasteiger partial charge in [-0.2, -0.15) is 0 Å².